The SMILES string of the molecule is Cc1ccc2c(CC(=O)NC[C@@H](C)O)coc2c1. The number of nitrogens with one attached hydrogen (secondary N) is 1. The molecular weight excluding hydrogens is 230 g/mol. The number of carbonyl (C=O) groups is 1. The van der Waals surface area contributed by atoms with Crippen LogP contribution in [0.2, 0.25) is 0 Å². The molecule has 0 aliphatic carbocycles. The fourth-order valence-electron chi connectivity index (χ4n) is 1.82. The van der Waals surface area contributed by atoms with E-state index in [2.05, 4.69) is 5.32 Å². The molecule has 1 heterocycles. The van der Waals surface area contributed by atoms with Crippen molar-refractivity contribution in [2.24, 2.45) is 0 Å². The van der Waals surface area contributed by atoms with Crippen molar-refractivity contribution in [3.8, 4) is 0 Å². The van der Waals surface area contributed by atoms with Gasteiger partial charge in [0.15, 0.2) is 0 Å². The van der Waals surface area contributed by atoms with Gasteiger partial charge in [-0.2, -0.15) is 0 Å². The van der Waals surface area contributed by atoms with Gasteiger partial charge in [0.2, 0.25) is 5.91 Å². The highest BCUT2D eigenvalue weighted by atomic mass is 16.3. The van der Waals surface area contributed by atoms with Crippen LogP contribution in [-0.2, 0) is 11.2 Å². The van der Waals surface area contributed by atoms with Crippen molar-refractivity contribution in [1.29, 1.82) is 0 Å². The van der Waals surface area contributed by atoms with E-state index in [-0.39, 0.29) is 18.9 Å². The minimum absolute atomic E-state index is 0.112. The van der Waals surface area contributed by atoms with E-state index in [0.29, 0.717) is 0 Å². The van der Waals surface area contributed by atoms with Crippen LogP contribution < -0.4 is 5.32 Å². The summed E-state index contributed by atoms with van der Waals surface area (Å²) < 4.78 is 5.43. The molecule has 0 aliphatic rings. The van der Waals surface area contributed by atoms with Crippen LogP contribution in [0.4, 0.5) is 0 Å². The van der Waals surface area contributed by atoms with E-state index in [4.69, 9.17) is 9.52 Å². The molecule has 18 heavy (non-hydrogen) atoms. The largest absolute Gasteiger partial charge is 0.464 e. The molecule has 2 rings (SSSR count). The maximum absolute atomic E-state index is 11.7. The molecule has 1 aromatic heterocycles. The van der Waals surface area contributed by atoms with Crippen molar-refractivity contribution >= 4 is 16.9 Å². The van der Waals surface area contributed by atoms with Gasteiger partial charge >= 0.3 is 0 Å². The standard InChI is InChI=1S/C14H17NO3/c1-9-3-4-12-11(8-18-13(12)5-9)6-14(17)15-7-10(2)16/h3-5,8,10,16H,6-7H2,1-2H3,(H,15,17)/t10-/m1/s1. The van der Waals surface area contributed by atoms with Crippen LogP contribution in [0.1, 0.15) is 18.1 Å². The first-order valence-corrected chi connectivity index (χ1v) is 5.98. The Bertz CT molecular complexity index is 557. The molecular formula is C14H17NO3. The highest BCUT2D eigenvalue weighted by Gasteiger charge is 2.10. The van der Waals surface area contributed by atoms with E-state index < -0.39 is 6.10 Å². The molecule has 0 radical (unpaired) electrons. The average Bonchev–Trinajstić information content (AvgIpc) is 2.69. The fourth-order valence-corrected chi connectivity index (χ4v) is 1.82. The van der Waals surface area contributed by atoms with Gasteiger partial charge in [-0.1, -0.05) is 12.1 Å². The summed E-state index contributed by atoms with van der Waals surface area (Å²) in [7, 11) is 0. The summed E-state index contributed by atoms with van der Waals surface area (Å²) in [5.74, 6) is -0.112. The van der Waals surface area contributed by atoms with Crippen LogP contribution in [-0.4, -0.2) is 23.7 Å². The third-order valence-corrected chi connectivity index (χ3v) is 2.76. The molecule has 0 unspecified atom stereocenters. The highest BCUT2D eigenvalue weighted by Crippen LogP contribution is 2.22. The summed E-state index contributed by atoms with van der Waals surface area (Å²) in [6.45, 7) is 3.90. The van der Waals surface area contributed by atoms with E-state index in [0.717, 1.165) is 22.1 Å². The number of aryl methyl sites for hydroxylation is 1. The Morgan fingerprint density at radius 2 is 2.28 bits per heavy atom. The maximum Gasteiger partial charge on any atom is 0.224 e. The molecule has 4 heteroatoms. The number of hydrogen-bond acceptors (Lipinski definition) is 3. The number of benzene rings is 1. The summed E-state index contributed by atoms with van der Waals surface area (Å²) in [4.78, 5) is 11.7. The number of aliphatic hydroxyl groups excluding tert-OH is 1. The van der Waals surface area contributed by atoms with E-state index in [1.54, 1.807) is 13.2 Å². The second-order valence-electron chi connectivity index (χ2n) is 4.59. The predicted molar refractivity (Wildman–Crippen MR) is 69.3 cm³/mol. The number of rotatable bonds is 4. The highest BCUT2D eigenvalue weighted by molar-refractivity contribution is 5.87. The lowest BCUT2D eigenvalue weighted by Gasteiger charge is -2.06. The summed E-state index contributed by atoms with van der Waals surface area (Å²) in [6, 6.07) is 5.91. The first kappa shape index (κ1) is 12.6. The van der Waals surface area contributed by atoms with Crippen LogP contribution in [0, 0.1) is 6.92 Å². The Hall–Kier alpha value is -1.81. The van der Waals surface area contributed by atoms with Gasteiger partial charge in [0.05, 0.1) is 18.8 Å². The predicted octanol–water partition coefficient (Wildman–Crippen LogP) is 1.78. The van der Waals surface area contributed by atoms with Gasteiger partial charge < -0.3 is 14.8 Å². The zero-order chi connectivity index (χ0) is 13.1. The van der Waals surface area contributed by atoms with E-state index >= 15 is 0 Å². The van der Waals surface area contributed by atoms with Gasteiger partial charge in [-0.15, -0.1) is 0 Å². The molecule has 0 bridgehead atoms. The van der Waals surface area contributed by atoms with Gasteiger partial charge in [-0.3, -0.25) is 4.79 Å². The minimum atomic E-state index is -0.530. The number of carbonyl (C=O) groups excluding carboxylic acids is 1. The normalized spacial score (nSPS) is 12.6. The molecule has 96 valence electrons. The van der Waals surface area contributed by atoms with E-state index in [9.17, 15) is 4.79 Å². The lowest BCUT2D eigenvalue weighted by molar-refractivity contribution is -0.120. The Morgan fingerprint density at radius 3 is 3.00 bits per heavy atom. The molecule has 1 amide bonds. The van der Waals surface area contributed by atoms with Crippen LogP contribution in [0.15, 0.2) is 28.9 Å². The summed E-state index contributed by atoms with van der Waals surface area (Å²) in [6.07, 6.45) is 1.35. The van der Waals surface area contributed by atoms with E-state index in [1.807, 2.05) is 25.1 Å². The number of aliphatic hydroxyl groups is 1. The Labute approximate surface area is 106 Å². The molecule has 4 nitrogen and oxygen atoms in total. The van der Waals surface area contributed by atoms with Crippen LogP contribution >= 0.6 is 0 Å². The molecule has 1 atom stereocenters. The van der Waals surface area contributed by atoms with Crippen LogP contribution in [0.25, 0.3) is 11.0 Å². The van der Waals surface area contributed by atoms with E-state index in [1.165, 1.54) is 0 Å². The topological polar surface area (TPSA) is 62.5 Å². The molecule has 0 fully saturated rings. The summed E-state index contributed by atoms with van der Waals surface area (Å²) in [5, 5.41) is 12.7. The molecule has 1 aromatic carbocycles. The Morgan fingerprint density at radius 1 is 1.50 bits per heavy atom. The zero-order valence-electron chi connectivity index (χ0n) is 10.6. The molecule has 2 N–H and O–H groups in total. The van der Waals surface area contributed by atoms with Gasteiger partial charge in [0.25, 0.3) is 0 Å². The third-order valence-electron chi connectivity index (χ3n) is 2.76. The quantitative estimate of drug-likeness (QED) is 0.865. The van der Waals surface area contributed by atoms with Gasteiger partial charge in [0.1, 0.15) is 5.58 Å². The lowest BCUT2D eigenvalue weighted by atomic mass is 10.1. The first-order valence-electron chi connectivity index (χ1n) is 5.98. The van der Waals surface area contributed by atoms with Crippen molar-refractivity contribution < 1.29 is 14.3 Å². The molecule has 2 aromatic rings. The minimum Gasteiger partial charge on any atom is -0.464 e. The fraction of sp³-hybridized carbons (Fsp3) is 0.357. The van der Waals surface area contributed by atoms with Gasteiger partial charge in [-0.25, -0.2) is 0 Å². The maximum atomic E-state index is 11.7. The van der Waals surface area contributed by atoms with Crippen LogP contribution in [0.5, 0.6) is 0 Å². The van der Waals surface area contributed by atoms with Gasteiger partial charge in [-0.05, 0) is 25.5 Å². The first-order chi connectivity index (χ1) is 8.56. The number of fused-ring (bicyclic) bond motifs is 1. The molecule has 0 saturated heterocycles. The molecule has 0 saturated carbocycles. The van der Waals surface area contributed by atoms with Crippen molar-refractivity contribution in [3.05, 3.63) is 35.6 Å². The van der Waals surface area contributed by atoms with Crippen molar-refractivity contribution in [3.63, 3.8) is 0 Å². The zero-order valence-corrected chi connectivity index (χ0v) is 10.6. The number of furan rings is 1. The molecule has 0 aliphatic heterocycles. The Kier molecular flexibility index (Phi) is 3.67. The average molecular weight is 247 g/mol. The van der Waals surface area contributed by atoms with Crippen molar-refractivity contribution in [2.45, 2.75) is 26.4 Å². The van der Waals surface area contributed by atoms with Gasteiger partial charge in [0, 0.05) is 17.5 Å². The second kappa shape index (κ2) is 5.23. The summed E-state index contributed by atoms with van der Waals surface area (Å²) >= 11 is 0. The molecule has 0 spiro atoms. The lowest BCUT2D eigenvalue weighted by Crippen LogP contribution is -2.31. The van der Waals surface area contributed by atoms with Crippen LogP contribution in [0.3, 0.4) is 0 Å². The third kappa shape index (κ3) is 2.90. The Balaban J connectivity index is 2.10. The smallest absolute Gasteiger partial charge is 0.224 e. The number of hydrogen-bond donors (Lipinski definition) is 2. The van der Waals surface area contributed by atoms with Crippen molar-refractivity contribution in [2.75, 3.05) is 6.54 Å². The monoisotopic (exact) mass is 247 g/mol. The number of amides is 1. The second-order valence-corrected chi connectivity index (χ2v) is 4.59. The van der Waals surface area contributed by atoms with Crippen molar-refractivity contribution in [1.82, 2.24) is 5.32 Å². The summed E-state index contributed by atoms with van der Waals surface area (Å²) in [5.41, 5.74) is 2.79.